The fraction of sp³-hybridized carbons (Fsp3) is 0.300. The number of likely N-dealkylation sites (N-methyl/N-ethyl adjacent to an activating group) is 1. The van der Waals surface area contributed by atoms with Gasteiger partial charge in [-0.05, 0) is 84.8 Å². The number of rotatable bonds is 10. The molecule has 0 aliphatic carbocycles. The molecule has 7 heteroatoms. The molecule has 0 spiro atoms. The summed E-state index contributed by atoms with van der Waals surface area (Å²) in [4.78, 5) is 13.4. The summed E-state index contributed by atoms with van der Waals surface area (Å²) < 4.78 is 22.5. The van der Waals surface area contributed by atoms with Crippen LogP contribution in [0.2, 0.25) is 0 Å². The molecule has 4 rings (SSSR count). The van der Waals surface area contributed by atoms with Crippen LogP contribution in [0.3, 0.4) is 0 Å². The first-order chi connectivity index (χ1) is 17.8. The first kappa shape index (κ1) is 26.1. The Bertz CT molecular complexity index is 1250. The van der Waals surface area contributed by atoms with Crippen LogP contribution < -0.4 is 14.2 Å². The molecule has 1 atom stereocenters. The summed E-state index contributed by atoms with van der Waals surface area (Å²) in [5.74, 6) is 2.05. The molecule has 1 aliphatic heterocycles. The molecule has 1 N–H and O–H groups in total. The predicted molar refractivity (Wildman–Crippen MR) is 143 cm³/mol. The van der Waals surface area contributed by atoms with E-state index >= 15 is 0 Å². The highest BCUT2D eigenvalue weighted by Gasteiger charge is 2.19. The quantitative estimate of drug-likeness (QED) is 0.295. The number of fused-ring (bicyclic) bond motifs is 1. The average molecular weight is 504 g/mol. The molecule has 1 aliphatic rings. The Labute approximate surface area is 217 Å². The monoisotopic (exact) mass is 503 g/mol. The maximum absolute atomic E-state index is 11.5. The van der Waals surface area contributed by atoms with Crippen LogP contribution in [0, 0.1) is 0 Å². The van der Waals surface area contributed by atoms with Gasteiger partial charge >= 0.3 is 5.97 Å². The van der Waals surface area contributed by atoms with Crippen molar-refractivity contribution in [2.45, 2.75) is 26.4 Å². The van der Waals surface area contributed by atoms with Gasteiger partial charge in [0, 0.05) is 13.5 Å². The summed E-state index contributed by atoms with van der Waals surface area (Å²) in [5.41, 5.74) is 5.24. The standard InChI is InChI=1S/C30H33NO6/c1-5-27(23-10-15-28-29(16-23)36-19-35-28)30(21-6-11-24(33)12-7-21)22-8-13-25(14-9-22)34-18-26(17-31(3)4)37-20(2)32/h6-16,26,33H,5,17-19H2,1-4H3/b30-27+. The van der Waals surface area contributed by atoms with Crippen molar-refractivity contribution in [1.82, 2.24) is 4.90 Å². The zero-order valence-electron chi connectivity index (χ0n) is 21.7. The van der Waals surface area contributed by atoms with E-state index in [0.717, 1.165) is 45.8 Å². The maximum atomic E-state index is 11.5. The Morgan fingerprint density at radius 1 is 0.946 bits per heavy atom. The van der Waals surface area contributed by atoms with Gasteiger partial charge in [0.2, 0.25) is 6.79 Å². The van der Waals surface area contributed by atoms with Crippen molar-refractivity contribution in [3.63, 3.8) is 0 Å². The fourth-order valence-electron chi connectivity index (χ4n) is 4.43. The van der Waals surface area contributed by atoms with E-state index in [0.29, 0.717) is 12.3 Å². The molecule has 1 heterocycles. The number of carbonyl (C=O) groups is 1. The van der Waals surface area contributed by atoms with Crippen LogP contribution in [-0.4, -0.2) is 56.1 Å². The van der Waals surface area contributed by atoms with Crippen molar-refractivity contribution >= 4 is 17.1 Å². The van der Waals surface area contributed by atoms with Crippen molar-refractivity contribution in [2.24, 2.45) is 0 Å². The molecule has 0 amide bonds. The predicted octanol–water partition coefficient (Wildman–Crippen LogP) is 5.36. The molecule has 0 saturated carbocycles. The van der Waals surface area contributed by atoms with E-state index in [1.165, 1.54) is 6.92 Å². The number of nitrogens with zero attached hydrogens (tertiary/aromatic N) is 1. The molecule has 3 aromatic carbocycles. The molecule has 0 bridgehead atoms. The smallest absolute Gasteiger partial charge is 0.303 e. The third kappa shape index (κ3) is 6.62. The number of benzene rings is 3. The largest absolute Gasteiger partial charge is 0.508 e. The van der Waals surface area contributed by atoms with Crippen molar-refractivity contribution < 1.29 is 28.8 Å². The van der Waals surface area contributed by atoms with Crippen LogP contribution in [0.5, 0.6) is 23.0 Å². The van der Waals surface area contributed by atoms with Gasteiger partial charge < -0.3 is 29.0 Å². The Morgan fingerprint density at radius 2 is 1.57 bits per heavy atom. The molecule has 0 saturated heterocycles. The van der Waals surface area contributed by atoms with Crippen molar-refractivity contribution in [3.05, 3.63) is 83.4 Å². The van der Waals surface area contributed by atoms with Gasteiger partial charge in [-0.3, -0.25) is 4.79 Å². The highest BCUT2D eigenvalue weighted by Crippen LogP contribution is 2.40. The van der Waals surface area contributed by atoms with Crippen LogP contribution in [-0.2, 0) is 9.53 Å². The molecule has 0 aromatic heterocycles. The minimum Gasteiger partial charge on any atom is -0.508 e. The molecular formula is C30H33NO6. The molecule has 0 fully saturated rings. The van der Waals surface area contributed by atoms with Crippen LogP contribution in [0.4, 0.5) is 0 Å². The zero-order valence-corrected chi connectivity index (χ0v) is 21.7. The van der Waals surface area contributed by atoms with E-state index in [2.05, 4.69) is 6.92 Å². The summed E-state index contributed by atoms with van der Waals surface area (Å²) in [6.07, 6.45) is 0.417. The summed E-state index contributed by atoms with van der Waals surface area (Å²) >= 11 is 0. The summed E-state index contributed by atoms with van der Waals surface area (Å²) in [6, 6.07) is 21.1. The molecule has 3 aromatic rings. The highest BCUT2D eigenvalue weighted by molar-refractivity contribution is 5.99. The summed E-state index contributed by atoms with van der Waals surface area (Å²) in [5, 5.41) is 9.88. The molecule has 0 radical (unpaired) electrons. The summed E-state index contributed by atoms with van der Waals surface area (Å²) in [7, 11) is 3.85. The van der Waals surface area contributed by atoms with Gasteiger partial charge in [0.05, 0.1) is 0 Å². The van der Waals surface area contributed by atoms with E-state index in [4.69, 9.17) is 18.9 Å². The topological polar surface area (TPSA) is 77.5 Å². The average Bonchev–Trinajstić information content (AvgIpc) is 3.34. The minimum absolute atomic E-state index is 0.216. The van der Waals surface area contributed by atoms with Crippen molar-refractivity contribution in [1.29, 1.82) is 0 Å². The summed E-state index contributed by atoms with van der Waals surface area (Å²) in [6.45, 7) is 4.58. The van der Waals surface area contributed by atoms with Gasteiger partial charge in [-0.25, -0.2) is 0 Å². The minimum atomic E-state index is -0.364. The van der Waals surface area contributed by atoms with E-state index in [1.54, 1.807) is 12.1 Å². The van der Waals surface area contributed by atoms with Crippen molar-refractivity contribution in [3.8, 4) is 23.0 Å². The Morgan fingerprint density at radius 3 is 2.19 bits per heavy atom. The number of hydrogen-bond acceptors (Lipinski definition) is 7. The van der Waals surface area contributed by atoms with Crippen molar-refractivity contribution in [2.75, 3.05) is 34.0 Å². The SMILES string of the molecule is CC/C(=C(/c1ccc(O)cc1)c1ccc(OCC(CN(C)C)OC(C)=O)cc1)c1ccc2c(c1)OCO2. The Kier molecular flexibility index (Phi) is 8.36. The number of esters is 1. The molecular weight excluding hydrogens is 470 g/mol. The van der Waals surface area contributed by atoms with Gasteiger partial charge in [0.25, 0.3) is 0 Å². The van der Waals surface area contributed by atoms with Crippen LogP contribution in [0.25, 0.3) is 11.1 Å². The highest BCUT2D eigenvalue weighted by atomic mass is 16.7. The van der Waals surface area contributed by atoms with Gasteiger partial charge in [0.15, 0.2) is 11.5 Å². The number of allylic oxidation sites excluding steroid dienone is 1. The maximum Gasteiger partial charge on any atom is 0.303 e. The van der Waals surface area contributed by atoms with E-state index < -0.39 is 0 Å². The van der Waals surface area contributed by atoms with E-state index in [1.807, 2.05) is 73.6 Å². The van der Waals surface area contributed by atoms with Gasteiger partial charge in [0.1, 0.15) is 24.2 Å². The third-order valence-corrected chi connectivity index (χ3v) is 6.01. The van der Waals surface area contributed by atoms with Gasteiger partial charge in [-0.2, -0.15) is 0 Å². The Balaban J connectivity index is 1.66. The van der Waals surface area contributed by atoms with E-state index in [9.17, 15) is 9.90 Å². The lowest BCUT2D eigenvalue weighted by molar-refractivity contribution is -0.148. The lowest BCUT2D eigenvalue weighted by Gasteiger charge is -2.21. The van der Waals surface area contributed by atoms with Crippen LogP contribution in [0.15, 0.2) is 66.7 Å². The van der Waals surface area contributed by atoms with Crippen LogP contribution >= 0.6 is 0 Å². The first-order valence-corrected chi connectivity index (χ1v) is 12.3. The second-order valence-corrected chi connectivity index (χ2v) is 9.15. The molecule has 37 heavy (non-hydrogen) atoms. The number of hydrogen-bond donors (Lipinski definition) is 1. The van der Waals surface area contributed by atoms with E-state index in [-0.39, 0.29) is 31.2 Å². The van der Waals surface area contributed by atoms with Crippen LogP contribution in [0.1, 0.15) is 37.0 Å². The Hall–Kier alpha value is -3.97. The lowest BCUT2D eigenvalue weighted by Crippen LogP contribution is -2.34. The molecule has 1 unspecified atom stereocenters. The third-order valence-electron chi connectivity index (χ3n) is 6.01. The normalized spacial score (nSPS) is 13.8. The number of aromatic hydroxyl groups is 1. The molecule has 194 valence electrons. The number of ether oxygens (including phenoxy) is 4. The second kappa shape index (κ2) is 11.8. The van der Waals surface area contributed by atoms with Gasteiger partial charge in [-0.1, -0.05) is 37.3 Å². The first-order valence-electron chi connectivity index (χ1n) is 12.3. The number of phenols is 1. The lowest BCUT2D eigenvalue weighted by atomic mass is 9.88. The van der Waals surface area contributed by atoms with Gasteiger partial charge in [-0.15, -0.1) is 0 Å². The number of carbonyl (C=O) groups excluding carboxylic acids is 1. The zero-order chi connectivity index (χ0) is 26.4. The fourth-order valence-corrected chi connectivity index (χ4v) is 4.43. The molecule has 7 nitrogen and oxygen atoms in total. The second-order valence-electron chi connectivity index (χ2n) is 9.15. The number of phenolic OH excluding ortho intramolecular Hbond substituents is 1.